The Balaban J connectivity index is 2.37. The highest BCUT2D eigenvalue weighted by Crippen LogP contribution is 2.30. The molecule has 0 amide bonds. The summed E-state index contributed by atoms with van der Waals surface area (Å²) in [5, 5.41) is 0. The Labute approximate surface area is 101 Å². The van der Waals surface area contributed by atoms with Gasteiger partial charge in [-0.25, -0.2) is 4.39 Å². The van der Waals surface area contributed by atoms with E-state index in [9.17, 15) is 4.39 Å². The molecule has 17 heavy (non-hydrogen) atoms. The summed E-state index contributed by atoms with van der Waals surface area (Å²) in [7, 11) is 0. The van der Waals surface area contributed by atoms with Crippen LogP contribution < -0.4 is 4.74 Å². The molecule has 0 N–H and O–H groups in total. The molecule has 0 aliphatic heterocycles. The van der Waals surface area contributed by atoms with Gasteiger partial charge in [-0.2, -0.15) is 0 Å². The van der Waals surface area contributed by atoms with Gasteiger partial charge in [-0.1, -0.05) is 37.3 Å². The first-order valence-corrected chi connectivity index (χ1v) is 5.79. The number of hydrogen-bond acceptors (Lipinski definition) is 1. The largest absolute Gasteiger partial charge is 0.493 e. The van der Waals surface area contributed by atoms with Crippen molar-refractivity contribution in [3.63, 3.8) is 0 Å². The zero-order valence-electron chi connectivity index (χ0n) is 9.82. The van der Waals surface area contributed by atoms with Gasteiger partial charge in [0.25, 0.3) is 0 Å². The topological polar surface area (TPSA) is 9.23 Å². The lowest BCUT2D eigenvalue weighted by Crippen LogP contribution is -1.96. The van der Waals surface area contributed by atoms with Gasteiger partial charge in [0.15, 0.2) is 0 Å². The van der Waals surface area contributed by atoms with E-state index in [-0.39, 0.29) is 5.82 Å². The third-order valence-electron chi connectivity index (χ3n) is 2.48. The van der Waals surface area contributed by atoms with Crippen LogP contribution in [0.1, 0.15) is 13.3 Å². The summed E-state index contributed by atoms with van der Waals surface area (Å²) >= 11 is 0. The average molecular weight is 230 g/mol. The van der Waals surface area contributed by atoms with E-state index in [0.717, 1.165) is 23.3 Å². The van der Waals surface area contributed by atoms with Gasteiger partial charge >= 0.3 is 0 Å². The van der Waals surface area contributed by atoms with Crippen molar-refractivity contribution in [1.82, 2.24) is 0 Å². The van der Waals surface area contributed by atoms with Gasteiger partial charge in [0, 0.05) is 5.56 Å². The Morgan fingerprint density at radius 2 is 1.88 bits per heavy atom. The van der Waals surface area contributed by atoms with Gasteiger partial charge in [0.2, 0.25) is 0 Å². The molecule has 0 aliphatic rings. The molecule has 2 aromatic rings. The van der Waals surface area contributed by atoms with E-state index in [1.54, 1.807) is 6.07 Å². The SMILES string of the molecule is CCCOc1ccccc1-c1cccc(F)c1. The molecule has 0 atom stereocenters. The van der Waals surface area contributed by atoms with Crippen LogP contribution in [0.3, 0.4) is 0 Å². The lowest BCUT2D eigenvalue weighted by Gasteiger charge is -2.10. The predicted octanol–water partition coefficient (Wildman–Crippen LogP) is 4.28. The van der Waals surface area contributed by atoms with E-state index in [4.69, 9.17) is 4.74 Å². The zero-order chi connectivity index (χ0) is 12.1. The minimum absolute atomic E-state index is 0.229. The lowest BCUT2D eigenvalue weighted by atomic mass is 10.0. The first-order valence-electron chi connectivity index (χ1n) is 5.79. The number of hydrogen-bond donors (Lipinski definition) is 0. The number of rotatable bonds is 4. The van der Waals surface area contributed by atoms with Crippen molar-refractivity contribution in [2.45, 2.75) is 13.3 Å². The maximum atomic E-state index is 13.2. The van der Waals surface area contributed by atoms with Crippen LogP contribution in [-0.4, -0.2) is 6.61 Å². The van der Waals surface area contributed by atoms with Gasteiger partial charge < -0.3 is 4.74 Å². The summed E-state index contributed by atoms with van der Waals surface area (Å²) in [6, 6.07) is 14.3. The fourth-order valence-electron chi connectivity index (χ4n) is 1.70. The molecule has 88 valence electrons. The summed E-state index contributed by atoms with van der Waals surface area (Å²) in [6.07, 6.45) is 0.956. The van der Waals surface area contributed by atoms with E-state index >= 15 is 0 Å². The summed E-state index contributed by atoms with van der Waals surface area (Å²) in [6.45, 7) is 2.73. The first-order chi connectivity index (χ1) is 8.31. The number of halogens is 1. The minimum atomic E-state index is -0.229. The Hall–Kier alpha value is -1.83. The molecule has 0 saturated heterocycles. The van der Waals surface area contributed by atoms with Gasteiger partial charge in [-0.3, -0.25) is 0 Å². The van der Waals surface area contributed by atoms with Gasteiger partial charge in [-0.05, 0) is 30.2 Å². The highest BCUT2D eigenvalue weighted by atomic mass is 19.1. The second-order valence-corrected chi connectivity index (χ2v) is 3.85. The van der Waals surface area contributed by atoms with Crippen molar-refractivity contribution in [2.24, 2.45) is 0 Å². The normalized spacial score (nSPS) is 10.2. The Morgan fingerprint density at radius 3 is 2.65 bits per heavy atom. The summed E-state index contributed by atoms with van der Waals surface area (Å²) in [5.41, 5.74) is 1.78. The molecular weight excluding hydrogens is 215 g/mol. The highest BCUT2D eigenvalue weighted by Gasteiger charge is 2.05. The van der Waals surface area contributed by atoms with E-state index in [2.05, 4.69) is 6.92 Å². The standard InChI is InChI=1S/C15H15FO/c1-2-10-17-15-9-4-3-8-14(15)12-6-5-7-13(16)11-12/h3-9,11H,2,10H2,1H3. The highest BCUT2D eigenvalue weighted by molar-refractivity contribution is 5.70. The summed E-state index contributed by atoms with van der Waals surface area (Å²) in [5.74, 6) is 0.577. The van der Waals surface area contributed by atoms with Crippen molar-refractivity contribution < 1.29 is 9.13 Å². The second-order valence-electron chi connectivity index (χ2n) is 3.85. The van der Waals surface area contributed by atoms with Crippen LogP contribution in [0.2, 0.25) is 0 Å². The second kappa shape index (κ2) is 5.48. The molecule has 2 aromatic carbocycles. The molecule has 0 heterocycles. The maximum absolute atomic E-state index is 13.2. The van der Waals surface area contributed by atoms with Gasteiger partial charge in [-0.15, -0.1) is 0 Å². The Morgan fingerprint density at radius 1 is 1.06 bits per heavy atom. The van der Waals surface area contributed by atoms with Crippen molar-refractivity contribution in [3.05, 3.63) is 54.3 Å². The molecule has 0 saturated carbocycles. The molecule has 0 spiro atoms. The van der Waals surface area contributed by atoms with Crippen LogP contribution in [0.25, 0.3) is 11.1 Å². The first kappa shape index (κ1) is 11.6. The number of ether oxygens (including phenoxy) is 1. The predicted molar refractivity (Wildman–Crippen MR) is 67.6 cm³/mol. The maximum Gasteiger partial charge on any atom is 0.127 e. The van der Waals surface area contributed by atoms with E-state index < -0.39 is 0 Å². The molecular formula is C15H15FO. The van der Waals surface area contributed by atoms with E-state index in [1.807, 2.05) is 30.3 Å². The fraction of sp³-hybridized carbons (Fsp3) is 0.200. The number of benzene rings is 2. The smallest absolute Gasteiger partial charge is 0.127 e. The van der Waals surface area contributed by atoms with Crippen LogP contribution in [0.4, 0.5) is 4.39 Å². The van der Waals surface area contributed by atoms with Gasteiger partial charge in [0.05, 0.1) is 6.61 Å². The van der Waals surface area contributed by atoms with Crippen LogP contribution in [0.5, 0.6) is 5.75 Å². The third-order valence-corrected chi connectivity index (χ3v) is 2.48. The van der Waals surface area contributed by atoms with E-state index in [1.165, 1.54) is 12.1 Å². The molecule has 0 aliphatic carbocycles. The van der Waals surface area contributed by atoms with Crippen LogP contribution in [0, 0.1) is 5.82 Å². The van der Waals surface area contributed by atoms with Crippen LogP contribution in [-0.2, 0) is 0 Å². The molecule has 1 nitrogen and oxygen atoms in total. The fourth-order valence-corrected chi connectivity index (χ4v) is 1.70. The lowest BCUT2D eigenvalue weighted by molar-refractivity contribution is 0.318. The molecule has 0 unspecified atom stereocenters. The average Bonchev–Trinajstić information content (AvgIpc) is 2.37. The van der Waals surface area contributed by atoms with Crippen molar-refractivity contribution in [3.8, 4) is 16.9 Å². The molecule has 0 fully saturated rings. The van der Waals surface area contributed by atoms with E-state index in [0.29, 0.717) is 6.61 Å². The molecule has 0 aromatic heterocycles. The monoisotopic (exact) mass is 230 g/mol. The Bertz CT molecular complexity index is 494. The molecule has 2 rings (SSSR count). The van der Waals surface area contributed by atoms with Crippen LogP contribution >= 0.6 is 0 Å². The minimum Gasteiger partial charge on any atom is -0.493 e. The third kappa shape index (κ3) is 2.84. The number of para-hydroxylation sites is 1. The molecule has 2 heteroatoms. The summed E-state index contributed by atoms with van der Waals surface area (Å²) in [4.78, 5) is 0. The van der Waals surface area contributed by atoms with Crippen molar-refractivity contribution in [1.29, 1.82) is 0 Å². The Kier molecular flexibility index (Phi) is 3.76. The van der Waals surface area contributed by atoms with Crippen LogP contribution in [0.15, 0.2) is 48.5 Å². The van der Waals surface area contributed by atoms with Crippen molar-refractivity contribution in [2.75, 3.05) is 6.61 Å². The molecule has 0 bridgehead atoms. The quantitative estimate of drug-likeness (QED) is 0.761. The summed E-state index contributed by atoms with van der Waals surface area (Å²) < 4.78 is 18.9. The van der Waals surface area contributed by atoms with Gasteiger partial charge in [0.1, 0.15) is 11.6 Å². The van der Waals surface area contributed by atoms with Crippen molar-refractivity contribution >= 4 is 0 Å². The molecule has 0 radical (unpaired) electrons. The zero-order valence-corrected chi connectivity index (χ0v) is 9.82.